The number of imidazole rings is 1. The fraction of sp³-hybridized carbons (Fsp3) is 0.767. The Labute approximate surface area is 317 Å². The summed E-state index contributed by atoms with van der Waals surface area (Å²) >= 11 is 1.79. The minimum absolute atomic E-state index is 0.00242. The minimum atomic E-state index is -5.51. The largest absolute Gasteiger partial charge is 0.481 e. The van der Waals surface area contributed by atoms with Crippen molar-refractivity contribution in [3.05, 3.63) is 18.3 Å². The lowest BCUT2D eigenvalue weighted by atomic mass is 9.84. The molecule has 0 aliphatic carbocycles. The summed E-state index contributed by atoms with van der Waals surface area (Å²) in [6, 6.07) is 0. The predicted octanol–water partition coefficient (Wildman–Crippen LogP) is 3.77. The van der Waals surface area contributed by atoms with Crippen LogP contribution in [0.3, 0.4) is 0 Å². The Morgan fingerprint density at radius 2 is 1.61 bits per heavy atom. The van der Waals surface area contributed by atoms with Crippen LogP contribution in [0.15, 0.2) is 12.7 Å². The number of Topliss-reactive ketones (excluding diaryl/α,β-unsaturated/α-hetero) is 2. The number of carbonyl (C=O) groups excluding carboxylic acids is 2. The zero-order chi connectivity index (χ0) is 40.7. The number of aliphatic hydroxyl groups excluding tert-OH is 2. The molecule has 3 heterocycles. The average Bonchev–Trinajstić information content (AvgIpc) is 3.60. The van der Waals surface area contributed by atoms with Crippen molar-refractivity contribution in [1.29, 1.82) is 0 Å². The first-order chi connectivity index (χ1) is 24.8. The number of hydrogen-bond donors (Lipinski definition) is 6. The van der Waals surface area contributed by atoms with Gasteiger partial charge in [-0.1, -0.05) is 34.6 Å². The quantitative estimate of drug-likeness (QED) is 0.0685. The lowest BCUT2D eigenvalue weighted by Crippen LogP contribution is -2.39. The Balaban J connectivity index is 1.50. The van der Waals surface area contributed by atoms with Crippen molar-refractivity contribution in [2.24, 2.45) is 10.8 Å². The Bertz CT molecular complexity index is 1730. The predicted molar refractivity (Wildman–Crippen MR) is 194 cm³/mol. The molecule has 1 saturated heterocycles. The number of ketones is 2. The molecule has 3 rings (SSSR count). The maximum atomic E-state index is 12.7. The lowest BCUT2D eigenvalue weighted by Gasteiger charge is -2.30. The molecule has 0 saturated carbocycles. The summed E-state index contributed by atoms with van der Waals surface area (Å²) in [5, 5.41) is 21.5. The normalized spacial score (nSPS) is 22.6. The van der Waals surface area contributed by atoms with E-state index in [4.69, 9.17) is 13.8 Å². The molecule has 2 aromatic rings. The number of phosphoric ester groups is 3. The monoisotopic (exact) mass is 848 g/mol. The second-order valence-electron chi connectivity index (χ2n) is 14.8. The van der Waals surface area contributed by atoms with E-state index in [1.165, 1.54) is 31.1 Å². The molecule has 1 fully saturated rings. The molecule has 20 nitrogen and oxygen atoms in total. The lowest BCUT2D eigenvalue weighted by molar-refractivity contribution is -0.134. The van der Waals surface area contributed by atoms with Crippen LogP contribution in [0.25, 0.3) is 11.2 Å². The summed E-state index contributed by atoms with van der Waals surface area (Å²) in [5.74, 6) is 1.23. The van der Waals surface area contributed by atoms with Crippen LogP contribution in [0.1, 0.15) is 85.1 Å². The topological polar surface area (TPSA) is 296 Å². The van der Waals surface area contributed by atoms with Gasteiger partial charge in [-0.3, -0.25) is 27.7 Å². The van der Waals surface area contributed by atoms with Crippen LogP contribution in [-0.2, 0) is 45.9 Å². The Kier molecular flexibility index (Phi) is 16.7. The molecular formula is C30H51N4O16P3S. The van der Waals surface area contributed by atoms with E-state index in [0.29, 0.717) is 17.6 Å². The number of nitrogens with zero attached hydrogens (tertiary/aromatic N) is 4. The Morgan fingerprint density at radius 3 is 2.26 bits per heavy atom. The van der Waals surface area contributed by atoms with Crippen molar-refractivity contribution < 1.29 is 75.7 Å². The number of aliphatic hydroxyl groups is 2. The number of fused-ring (bicyclic) bond motifs is 1. The number of ether oxygens (including phenoxy) is 1. The third-order valence-corrected chi connectivity index (χ3v) is 12.4. The Morgan fingerprint density at radius 1 is 0.963 bits per heavy atom. The fourth-order valence-electron chi connectivity index (χ4n) is 5.21. The number of thioether (sulfide) groups is 1. The van der Waals surface area contributed by atoms with Gasteiger partial charge in [0.05, 0.1) is 25.2 Å². The number of aromatic nitrogens is 4. The van der Waals surface area contributed by atoms with E-state index >= 15 is 0 Å². The first-order valence-corrected chi connectivity index (χ1v) is 22.7. The van der Waals surface area contributed by atoms with E-state index in [9.17, 15) is 53.1 Å². The van der Waals surface area contributed by atoms with Crippen molar-refractivity contribution in [2.45, 2.75) is 111 Å². The highest BCUT2D eigenvalue weighted by Crippen LogP contribution is 2.61. The van der Waals surface area contributed by atoms with Gasteiger partial charge >= 0.3 is 23.5 Å². The molecular weight excluding hydrogens is 797 g/mol. The van der Waals surface area contributed by atoms with Crippen LogP contribution in [0.5, 0.6) is 0 Å². The number of phosphoric acid groups is 3. The van der Waals surface area contributed by atoms with Gasteiger partial charge in [0.2, 0.25) is 0 Å². The zero-order valence-electron chi connectivity index (χ0n) is 30.9. The summed E-state index contributed by atoms with van der Waals surface area (Å²) in [6.45, 7) is 8.96. The minimum Gasteiger partial charge on any atom is -0.386 e. The molecule has 0 radical (unpaired) electrons. The van der Waals surface area contributed by atoms with Gasteiger partial charge in [-0.2, -0.15) is 16.1 Å². The smallest absolute Gasteiger partial charge is 0.386 e. The van der Waals surface area contributed by atoms with E-state index in [1.807, 2.05) is 0 Å². The highest BCUT2D eigenvalue weighted by Gasteiger charge is 2.50. The highest BCUT2D eigenvalue weighted by molar-refractivity contribution is 7.99. The molecule has 1 aliphatic heterocycles. The third kappa shape index (κ3) is 14.8. The van der Waals surface area contributed by atoms with E-state index < -0.39 is 78.5 Å². The van der Waals surface area contributed by atoms with Crippen LogP contribution >= 0.6 is 35.2 Å². The third-order valence-electron chi connectivity index (χ3n) is 8.26. The SMILES string of the molecule is Cc1ncnc2c1ncn2C1OC(COP(=O)(O)OP(=O)(O)OCC(C)(C)C(O)C(=O)CCCC(=O)CCCSCCC(C)(C)C)C(OP(=O)(O)O)C1O. The van der Waals surface area contributed by atoms with Crippen molar-refractivity contribution in [3.63, 3.8) is 0 Å². The number of carbonyl (C=O) groups is 2. The Hall–Kier alpha value is -1.51. The van der Waals surface area contributed by atoms with Gasteiger partial charge in [0.25, 0.3) is 0 Å². The average molecular weight is 849 g/mol. The highest BCUT2D eigenvalue weighted by atomic mass is 32.2. The molecule has 7 unspecified atom stereocenters. The van der Waals surface area contributed by atoms with Gasteiger partial charge in [-0.05, 0) is 43.1 Å². The second-order valence-corrected chi connectivity index (χ2v) is 20.2. The van der Waals surface area contributed by atoms with Gasteiger partial charge in [-0.15, -0.1) is 0 Å². The number of aryl methyl sites for hydroxylation is 1. The van der Waals surface area contributed by atoms with Crippen LogP contribution < -0.4 is 0 Å². The van der Waals surface area contributed by atoms with E-state index in [1.54, 1.807) is 18.7 Å². The molecule has 0 bridgehead atoms. The fourth-order valence-corrected chi connectivity index (χ4v) is 9.35. The number of hydrogen-bond acceptors (Lipinski definition) is 16. The summed E-state index contributed by atoms with van der Waals surface area (Å²) in [5.41, 5.74) is -0.277. The molecule has 7 atom stereocenters. The first kappa shape index (κ1) is 46.9. The van der Waals surface area contributed by atoms with Gasteiger partial charge in [0.1, 0.15) is 42.0 Å². The van der Waals surface area contributed by atoms with Crippen LogP contribution in [0.2, 0.25) is 0 Å². The van der Waals surface area contributed by atoms with Gasteiger partial charge in [0, 0.05) is 24.7 Å². The standard InChI is InChI=1S/C30H51N4O16P3S/c1-19-23-27(32-17-31-19)34(18-33-23)28-24(37)25(49-51(39,40)41)22(48-28)15-46-52(42,43)50-53(44,45)47-16-30(5,6)26(38)21(36)11-7-9-20(35)10-8-13-54-14-12-29(2,3)4/h17-18,22,24-26,28,37-38H,7-16H2,1-6H3,(H,42,43)(H,44,45)(H2,39,40,41). The molecule has 0 aromatic carbocycles. The molecule has 54 heavy (non-hydrogen) atoms. The first-order valence-electron chi connectivity index (χ1n) is 17.0. The van der Waals surface area contributed by atoms with Crippen LogP contribution in [0, 0.1) is 17.8 Å². The van der Waals surface area contributed by atoms with Crippen LogP contribution in [0.4, 0.5) is 0 Å². The van der Waals surface area contributed by atoms with E-state index in [-0.39, 0.29) is 36.1 Å². The maximum absolute atomic E-state index is 12.7. The van der Waals surface area contributed by atoms with Crippen molar-refractivity contribution in [3.8, 4) is 0 Å². The molecule has 0 spiro atoms. The molecule has 24 heteroatoms. The maximum Gasteiger partial charge on any atom is 0.481 e. The molecule has 0 amide bonds. The summed E-state index contributed by atoms with van der Waals surface area (Å²) < 4.78 is 62.5. The molecule has 308 valence electrons. The van der Waals surface area contributed by atoms with E-state index in [0.717, 1.165) is 24.3 Å². The van der Waals surface area contributed by atoms with Gasteiger partial charge in [0.15, 0.2) is 17.7 Å². The number of rotatable bonds is 23. The van der Waals surface area contributed by atoms with Gasteiger partial charge in [-0.25, -0.2) is 28.6 Å². The molecule has 6 N–H and O–H groups in total. The van der Waals surface area contributed by atoms with Crippen molar-refractivity contribution >= 4 is 58.0 Å². The zero-order valence-corrected chi connectivity index (χ0v) is 34.4. The van der Waals surface area contributed by atoms with Crippen molar-refractivity contribution in [2.75, 3.05) is 24.7 Å². The second kappa shape index (κ2) is 19.3. The summed E-state index contributed by atoms with van der Waals surface area (Å²) in [4.78, 5) is 76.4. The summed E-state index contributed by atoms with van der Waals surface area (Å²) in [6.07, 6.45) is -3.67. The van der Waals surface area contributed by atoms with Crippen LogP contribution in [-0.4, -0.2) is 110 Å². The molecule has 1 aliphatic rings. The van der Waals surface area contributed by atoms with Gasteiger partial charge < -0.3 is 34.5 Å². The molecule has 2 aromatic heterocycles. The van der Waals surface area contributed by atoms with Crippen molar-refractivity contribution in [1.82, 2.24) is 19.5 Å². The van der Waals surface area contributed by atoms with E-state index in [2.05, 4.69) is 44.6 Å². The summed E-state index contributed by atoms with van der Waals surface area (Å²) in [7, 11) is -16.2.